The van der Waals surface area contributed by atoms with E-state index in [1.165, 1.54) is 12.8 Å². The Morgan fingerprint density at radius 1 is 0.750 bits per heavy atom. The summed E-state index contributed by atoms with van der Waals surface area (Å²) in [6.45, 7) is 14.3. The number of hydrogen-bond acceptors (Lipinski definition) is 0. The van der Waals surface area contributed by atoms with Crippen molar-refractivity contribution in [1.29, 1.82) is 0 Å². The van der Waals surface area contributed by atoms with Crippen molar-refractivity contribution >= 4 is 0 Å². The van der Waals surface area contributed by atoms with E-state index < -0.39 is 0 Å². The Kier molecular flexibility index (Phi) is 5.31. The molecule has 0 unspecified atom stereocenters. The van der Waals surface area contributed by atoms with Crippen LogP contribution in [0.15, 0.2) is 41.2 Å². The second kappa shape index (κ2) is 5.80. The van der Waals surface area contributed by atoms with Gasteiger partial charge < -0.3 is 24.8 Å². The fourth-order valence-corrected chi connectivity index (χ4v) is 7.69. The van der Waals surface area contributed by atoms with E-state index in [0.717, 1.165) is 0 Å². The fourth-order valence-electron chi connectivity index (χ4n) is 4.06. The smallest absolute Gasteiger partial charge is 1.00 e. The average Bonchev–Trinajstić information content (AvgIpc) is 2.68. The fraction of sp³-hybridized carbons (Fsp3) is 0.529. The van der Waals surface area contributed by atoms with Gasteiger partial charge in [-0.15, -0.1) is 0 Å². The molecule has 0 amide bonds. The van der Waals surface area contributed by atoms with E-state index in [4.69, 9.17) is 0 Å². The van der Waals surface area contributed by atoms with E-state index >= 15 is 0 Å². The summed E-state index contributed by atoms with van der Waals surface area (Å²) in [5.74, 6) is 0. The first-order chi connectivity index (χ1) is 8.34. The van der Waals surface area contributed by atoms with Crippen molar-refractivity contribution in [2.45, 2.75) is 54.4 Å². The summed E-state index contributed by atoms with van der Waals surface area (Å²) in [6.07, 6.45) is 2.55. The van der Waals surface area contributed by atoms with Crippen LogP contribution in [0.5, 0.6) is 0 Å². The van der Waals surface area contributed by atoms with Crippen molar-refractivity contribution in [2.24, 2.45) is 5.41 Å². The molecule has 0 spiro atoms. The van der Waals surface area contributed by atoms with Crippen molar-refractivity contribution in [3.05, 3.63) is 41.2 Å². The summed E-state index contributed by atoms with van der Waals surface area (Å²) < 4.78 is 3.66. The standard InChI is InChI=1S/C17H22.2ClH.Ti/c1-11-7-9-15(13(11)3)17(5,6)16-10-8-12(2)14(16)4;;;/h7-8H2,1-6H3;2*1H;/q;;;+2/p-2. The average molecular weight is 345 g/mol. The maximum Gasteiger partial charge on any atom is -1.00 e. The molecule has 108 valence electrons. The van der Waals surface area contributed by atoms with Gasteiger partial charge in [0.25, 0.3) is 0 Å². The van der Waals surface area contributed by atoms with E-state index in [0.29, 0.717) is 0 Å². The van der Waals surface area contributed by atoms with Crippen LogP contribution in [0, 0.1) is 5.41 Å². The van der Waals surface area contributed by atoms with E-state index in [1.807, 2.05) is 7.76 Å². The second-order valence-electron chi connectivity index (χ2n) is 6.62. The van der Waals surface area contributed by atoms with Crippen LogP contribution in [0.4, 0.5) is 0 Å². The Morgan fingerprint density at radius 2 is 1.10 bits per heavy atom. The molecule has 0 radical (unpaired) electrons. The molecule has 20 heavy (non-hydrogen) atoms. The predicted molar refractivity (Wildman–Crippen MR) is 73.8 cm³/mol. The minimum atomic E-state index is -0.0149. The van der Waals surface area contributed by atoms with Gasteiger partial charge in [0.05, 0.1) is 0 Å². The summed E-state index contributed by atoms with van der Waals surface area (Å²) in [4.78, 5) is 0. The zero-order valence-electron chi connectivity index (χ0n) is 13.2. The summed E-state index contributed by atoms with van der Waals surface area (Å²) in [5, 5.41) is 0. The zero-order valence-corrected chi connectivity index (χ0v) is 16.2. The molecule has 0 N–H and O–H groups in total. The van der Waals surface area contributed by atoms with Crippen LogP contribution in [0.25, 0.3) is 0 Å². The SMILES string of the molecule is CC1=C(C)C2=[C](C1)[Ti+2][C]1=C(C(C)=C(C)C1)C2(C)C.[Cl-].[Cl-]. The van der Waals surface area contributed by atoms with Gasteiger partial charge >= 0.3 is 120 Å². The molecule has 2 aliphatic carbocycles. The number of hydrogen-bond donors (Lipinski definition) is 0. The molecule has 0 aromatic carbocycles. The Morgan fingerprint density at radius 3 is 1.45 bits per heavy atom. The van der Waals surface area contributed by atoms with Gasteiger partial charge in [-0.05, 0) is 0 Å². The van der Waals surface area contributed by atoms with Gasteiger partial charge in [-0.1, -0.05) is 0 Å². The Bertz CT molecular complexity index is 536. The van der Waals surface area contributed by atoms with Gasteiger partial charge in [0.1, 0.15) is 0 Å². The number of allylic oxidation sites excluding steroid dienone is 8. The molecule has 0 aromatic heterocycles. The topological polar surface area (TPSA) is 0 Å². The third kappa shape index (κ3) is 2.33. The normalized spacial score (nSPS) is 22.9. The van der Waals surface area contributed by atoms with Crippen molar-refractivity contribution < 1.29 is 44.0 Å². The monoisotopic (exact) mass is 344 g/mol. The van der Waals surface area contributed by atoms with Crippen LogP contribution in [-0.4, -0.2) is 0 Å². The van der Waals surface area contributed by atoms with Crippen molar-refractivity contribution in [3.63, 3.8) is 0 Å². The van der Waals surface area contributed by atoms with Crippen molar-refractivity contribution in [2.75, 3.05) is 0 Å². The van der Waals surface area contributed by atoms with E-state index in [2.05, 4.69) is 41.5 Å². The van der Waals surface area contributed by atoms with Crippen LogP contribution in [0.2, 0.25) is 0 Å². The maximum atomic E-state index is 2.45. The molecule has 0 bridgehead atoms. The molecule has 1 aliphatic heterocycles. The molecule has 0 saturated carbocycles. The molecular formula is C17H22Cl2Ti. The van der Waals surface area contributed by atoms with E-state index in [-0.39, 0.29) is 49.4 Å². The largest absolute Gasteiger partial charge is 1.00 e. The van der Waals surface area contributed by atoms with Crippen LogP contribution in [-0.2, 0) is 19.2 Å². The molecule has 3 rings (SSSR count). The maximum absolute atomic E-state index is 2.45. The number of rotatable bonds is 0. The summed E-state index contributed by atoms with van der Waals surface area (Å²) >= 11 is -0.0149. The minimum Gasteiger partial charge on any atom is -1.00 e. The zero-order chi connectivity index (χ0) is 13.2. The molecule has 3 aliphatic rings. The summed E-state index contributed by atoms with van der Waals surface area (Å²) in [6, 6.07) is 0. The first-order valence-electron chi connectivity index (χ1n) is 6.91. The van der Waals surface area contributed by atoms with Crippen LogP contribution < -0.4 is 24.8 Å². The van der Waals surface area contributed by atoms with Gasteiger partial charge in [-0.25, -0.2) is 0 Å². The Balaban J connectivity index is 0.000001000. The molecule has 1 heterocycles. The number of halogens is 2. The quantitative estimate of drug-likeness (QED) is 0.500. The first kappa shape index (κ1) is 18.3. The van der Waals surface area contributed by atoms with Gasteiger partial charge in [0.2, 0.25) is 0 Å². The minimum absolute atomic E-state index is 0. The molecular weight excluding hydrogens is 323 g/mol. The van der Waals surface area contributed by atoms with Gasteiger partial charge in [-0.2, -0.15) is 0 Å². The third-order valence-electron chi connectivity index (χ3n) is 5.07. The van der Waals surface area contributed by atoms with Crippen LogP contribution in [0.3, 0.4) is 0 Å². The third-order valence-corrected chi connectivity index (χ3v) is 7.34. The molecule has 0 aromatic rings. The van der Waals surface area contributed by atoms with E-state index in [9.17, 15) is 0 Å². The van der Waals surface area contributed by atoms with E-state index in [1.54, 1.807) is 33.4 Å². The van der Waals surface area contributed by atoms with Crippen molar-refractivity contribution in [3.8, 4) is 0 Å². The van der Waals surface area contributed by atoms with Crippen molar-refractivity contribution in [1.82, 2.24) is 0 Å². The van der Waals surface area contributed by atoms with Gasteiger partial charge in [-0.3, -0.25) is 0 Å². The van der Waals surface area contributed by atoms with Gasteiger partial charge in [0.15, 0.2) is 0 Å². The molecule has 0 atom stereocenters. The molecule has 0 nitrogen and oxygen atoms in total. The predicted octanol–water partition coefficient (Wildman–Crippen LogP) is -0.895. The van der Waals surface area contributed by atoms with Crippen LogP contribution >= 0.6 is 0 Å². The van der Waals surface area contributed by atoms with Crippen LogP contribution in [0.1, 0.15) is 54.4 Å². The first-order valence-corrected chi connectivity index (χ1v) is 8.48. The Labute approximate surface area is 144 Å². The Hall–Kier alpha value is 0.254. The summed E-state index contributed by atoms with van der Waals surface area (Å²) in [5.41, 5.74) is 10.1. The molecule has 3 heteroatoms. The second-order valence-corrected chi connectivity index (χ2v) is 8.90. The molecule has 0 saturated heterocycles. The molecule has 0 fully saturated rings. The summed E-state index contributed by atoms with van der Waals surface area (Å²) in [7, 11) is 0. The van der Waals surface area contributed by atoms with Gasteiger partial charge in [0, 0.05) is 0 Å².